The Morgan fingerprint density at radius 3 is 2.33 bits per heavy atom. The van der Waals surface area contributed by atoms with Gasteiger partial charge in [-0.2, -0.15) is 0 Å². The number of carbonyl (C=O) groups excluding carboxylic acids is 4. The summed E-state index contributed by atoms with van der Waals surface area (Å²) in [6.45, 7) is 0.104. The van der Waals surface area contributed by atoms with Gasteiger partial charge in [0.1, 0.15) is 23.9 Å². The second kappa shape index (κ2) is 11.8. The van der Waals surface area contributed by atoms with E-state index in [4.69, 9.17) is 11.5 Å². The minimum atomic E-state index is -1.32. The van der Waals surface area contributed by atoms with Crippen molar-refractivity contribution < 1.29 is 34.2 Å². The molecule has 0 aliphatic carbocycles. The topological polar surface area (TPSA) is 205 Å². The maximum Gasteiger partial charge on any atom is 0.326 e. The number of carboxylic acids is 1. The summed E-state index contributed by atoms with van der Waals surface area (Å²) in [6, 6.07) is 2.46. The Kier molecular flexibility index (Phi) is 9.16. The van der Waals surface area contributed by atoms with Gasteiger partial charge in [0.25, 0.3) is 0 Å². The lowest BCUT2D eigenvalue weighted by molar-refractivity contribution is -0.143. The molecule has 12 nitrogen and oxygen atoms in total. The molecule has 33 heavy (non-hydrogen) atoms. The van der Waals surface area contributed by atoms with Gasteiger partial charge in [0.2, 0.25) is 23.6 Å². The van der Waals surface area contributed by atoms with Crippen LogP contribution in [0.15, 0.2) is 24.3 Å². The van der Waals surface area contributed by atoms with Crippen molar-refractivity contribution in [2.45, 2.75) is 50.2 Å². The fourth-order valence-electron chi connectivity index (χ4n) is 3.62. The first-order valence-electron chi connectivity index (χ1n) is 10.5. The van der Waals surface area contributed by atoms with Crippen molar-refractivity contribution in [3.63, 3.8) is 0 Å². The third-order valence-electron chi connectivity index (χ3n) is 5.35. The molecule has 4 amide bonds. The highest BCUT2D eigenvalue weighted by Gasteiger charge is 2.36. The molecule has 12 heteroatoms. The van der Waals surface area contributed by atoms with Crippen LogP contribution in [0.2, 0.25) is 0 Å². The summed E-state index contributed by atoms with van der Waals surface area (Å²) in [5.41, 5.74) is 11.1. The molecule has 3 atom stereocenters. The number of hydrogen-bond donors (Lipinski definition) is 6. The number of rotatable bonds is 11. The number of phenols is 1. The largest absolute Gasteiger partial charge is 0.508 e. The molecule has 0 unspecified atom stereocenters. The molecular weight excluding hydrogens is 434 g/mol. The van der Waals surface area contributed by atoms with Crippen LogP contribution in [0.3, 0.4) is 0 Å². The number of benzene rings is 1. The first-order valence-corrected chi connectivity index (χ1v) is 10.5. The van der Waals surface area contributed by atoms with Gasteiger partial charge in [0.05, 0.1) is 6.54 Å². The van der Waals surface area contributed by atoms with E-state index in [0.29, 0.717) is 24.9 Å². The van der Waals surface area contributed by atoms with Crippen LogP contribution in [0, 0.1) is 0 Å². The molecule has 0 bridgehead atoms. The van der Waals surface area contributed by atoms with Crippen molar-refractivity contribution in [2.24, 2.45) is 11.5 Å². The summed E-state index contributed by atoms with van der Waals surface area (Å²) >= 11 is 0. The first-order chi connectivity index (χ1) is 15.6. The fourth-order valence-corrected chi connectivity index (χ4v) is 3.62. The van der Waals surface area contributed by atoms with Gasteiger partial charge in [-0.05, 0) is 37.0 Å². The Labute approximate surface area is 190 Å². The van der Waals surface area contributed by atoms with Gasteiger partial charge in [0, 0.05) is 19.4 Å². The zero-order valence-electron chi connectivity index (χ0n) is 18.0. The van der Waals surface area contributed by atoms with Gasteiger partial charge in [-0.1, -0.05) is 12.1 Å². The number of carboxylic acid groups (broad SMARTS) is 1. The Morgan fingerprint density at radius 1 is 1.09 bits per heavy atom. The predicted molar refractivity (Wildman–Crippen MR) is 116 cm³/mol. The van der Waals surface area contributed by atoms with Gasteiger partial charge in [-0.3, -0.25) is 19.2 Å². The number of likely N-dealkylation sites (tertiary alicyclic amines) is 1. The summed E-state index contributed by atoms with van der Waals surface area (Å²) in [5, 5.41) is 23.8. The maximum atomic E-state index is 12.9. The highest BCUT2D eigenvalue weighted by Crippen LogP contribution is 2.18. The number of nitrogens with two attached hydrogens (primary N) is 2. The molecule has 0 aromatic heterocycles. The van der Waals surface area contributed by atoms with Crippen molar-refractivity contribution in [2.75, 3.05) is 13.1 Å². The van der Waals surface area contributed by atoms with Crippen LogP contribution in [0.5, 0.6) is 5.75 Å². The van der Waals surface area contributed by atoms with E-state index >= 15 is 0 Å². The van der Waals surface area contributed by atoms with E-state index < -0.39 is 47.7 Å². The minimum Gasteiger partial charge on any atom is -0.508 e. The molecule has 180 valence electrons. The van der Waals surface area contributed by atoms with Crippen molar-refractivity contribution in [3.05, 3.63) is 29.8 Å². The highest BCUT2D eigenvalue weighted by atomic mass is 16.4. The molecule has 0 saturated carbocycles. The van der Waals surface area contributed by atoms with Gasteiger partial charge >= 0.3 is 5.97 Å². The van der Waals surface area contributed by atoms with E-state index in [1.807, 2.05) is 0 Å². The number of amides is 4. The normalized spacial score (nSPS) is 17.1. The van der Waals surface area contributed by atoms with Gasteiger partial charge in [-0.25, -0.2) is 4.79 Å². The van der Waals surface area contributed by atoms with Gasteiger partial charge < -0.3 is 37.2 Å². The van der Waals surface area contributed by atoms with E-state index in [1.54, 1.807) is 0 Å². The quantitative estimate of drug-likeness (QED) is 0.220. The van der Waals surface area contributed by atoms with Crippen LogP contribution in [-0.2, 0) is 30.4 Å². The summed E-state index contributed by atoms with van der Waals surface area (Å²) < 4.78 is 0. The van der Waals surface area contributed by atoms with Gasteiger partial charge in [0.15, 0.2) is 0 Å². The van der Waals surface area contributed by atoms with Crippen LogP contribution in [0.1, 0.15) is 31.2 Å². The summed E-state index contributed by atoms with van der Waals surface area (Å²) in [6.07, 6.45) is 0.551. The molecule has 1 heterocycles. The van der Waals surface area contributed by atoms with Crippen LogP contribution in [0.4, 0.5) is 0 Å². The molecule has 0 radical (unpaired) electrons. The second-order valence-corrected chi connectivity index (χ2v) is 7.79. The number of nitrogens with zero attached hydrogens (tertiary/aromatic N) is 1. The number of carbonyl (C=O) groups is 5. The third kappa shape index (κ3) is 7.45. The Hall–Kier alpha value is -3.67. The number of primary amides is 1. The molecule has 1 aromatic carbocycles. The zero-order valence-corrected chi connectivity index (χ0v) is 18.0. The van der Waals surface area contributed by atoms with Crippen molar-refractivity contribution in [3.8, 4) is 5.75 Å². The molecule has 2 rings (SSSR count). The molecule has 0 spiro atoms. The zero-order chi connectivity index (χ0) is 24.5. The van der Waals surface area contributed by atoms with Gasteiger partial charge in [-0.15, -0.1) is 0 Å². The second-order valence-electron chi connectivity index (χ2n) is 7.79. The SMILES string of the molecule is NCC(=O)N1CCC[C@H]1C(=O)N[C@@H](CCC(N)=O)C(=O)N[C@@H](Cc1ccc(O)cc1)C(=O)O. The lowest BCUT2D eigenvalue weighted by atomic mass is 10.0. The van der Waals surface area contributed by atoms with Crippen molar-refractivity contribution >= 4 is 29.6 Å². The number of phenolic OH excluding ortho intramolecular Hbond substituents is 1. The maximum absolute atomic E-state index is 12.9. The standard InChI is InChI=1S/C21H29N5O7/c22-11-18(29)26-9-1-2-16(26)20(31)24-14(7-8-17(23)28)19(30)25-15(21(32)33)10-12-3-5-13(27)6-4-12/h3-6,14-16,27H,1-2,7-11,22H2,(H2,23,28)(H,24,31)(H,25,30)(H,32,33)/t14-,15-,16-/m0/s1. The smallest absolute Gasteiger partial charge is 0.326 e. The van der Waals surface area contributed by atoms with E-state index in [9.17, 15) is 34.2 Å². The number of nitrogens with one attached hydrogen (secondary N) is 2. The number of hydrogen-bond acceptors (Lipinski definition) is 7. The van der Waals surface area contributed by atoms with E-state index in [-0.39, 0.29) is 31.6 Å². The van der Waals surface area contributed by atoms with Crippen LogP contribution >= 0.6 is 0 Å². The van der Waals surface area contributed by atoms with E-state index in [0.717, 1.165) is 0 Å². The molecule has 8 N–H and O–H groups in total. The predicted octanol–water partition coefficient (Wildman–Crippen LogP) is -1.80. The third-order valence-corrected chi connectivity index (χ3v) is 5.35. The summed E-state index contributed by atoms with van der Waals surface area (Å²) in [7, 11) is 0. The summed E-state index contributed by atoms with van der Waals surface area (Å²) in [4.78, 5) is 61.9. The Balaban J connectivity index is 2.11. The minimum absolute atomic E-state index is 0.0120. The Bertz CT molecular complexity index is 889. The van der Waals surface area contributed by atoms with Crippen LogP contribution in [-0.4, -0.2) is 75.9 Å². The van der Waals surface area contributed by atoms with E-state index in [2.05, 4.69) is 10.6 Å². The van der Waals surface area contributed by atoms with E-state index in [1.165, 1.54) is 29.2 Å². The molecular formula is C21H29N5O7. The molecule has 1 saturated heterocycles. The van der Waals surface area contributed by atoms with Crippen LogP contribution < -0.4 is 22.1 Å². The number of aliphatic carboxylic acids is 1. The lowest BCUT2D eigenvalue weighted by Gasteiger charge is -2.26. The van der Waals surface area contributed by atoms with Crippen LogP contribution in [0.25, 0.3) is 0 Å². The molecule has 1 aromatic rings. The Morgan fingerprint density at radius 2 is 1.76 bits per heavy atom. The lowest BCUT2D eigenvalue weighted by Crippen LogP contribution is -2.56. The molecule has 1 aliphatic heterocycles. The average Bonchev–Trinajstić information content (AvgIpc) is 3.26. The first kappa shape index (κ1) is 25.6. The number of aromatic hydroxyl groups is 1. The molecule has 1 fully saturated rings. The molecule has 1 aliphatic rings. The van der Waals surface area contributed by atoms with Crippen molar-refractivity contribution in [1.82, 2.24) is 15.5 Å². The fraction of sp³-hybridized carbons (Fsp3) is 0.476. The monoisotopic (exact) mass is 463 g/mol. The average molecular weight is 463 g/mol. The van der Waals surface area contributed by atoms with Crippen molar-refractivity contribution in [1.29, 1.82) is 0 Å². The summed E-state index contributed by atoms with van der Waals surface area (Å²) in [5.74, 6) is -3.77. The highest BCUT2D eigenvalue weighted by molar-refractivity contribution is 5.94.